The lowest BCUT2D eigenvalue weighted by atomic mass is 9.63. The van der Waals surface area contributed by atoms with E-state index in [1.165, 1.54) is 29.5 Å². The Morgan fingerprint density at radius 2 is 1.40 bits per heavy atom. The van der Waals surface area contributed by atoms with E-state index in [9.17, 15) is 4.79 Å². The largest absolute Gasteiger partial charge is 0.372 e. The molecule has 2 heteroatoms. The van der Waals surface area contributed by atoms with Crippen LogP contribution in [0.3, 0.4) is 0 Å². The van der Waals surface area contributed by atoms with E-state index in [-0.39, 0.29) is 10.8 Å². The van der Waals surface area contributed by atoms with Gasteiger partial charge < -0.3 is 4.74 Å². The van der Waals surface area contributed by atoms with Crippen LogP contribution in [0.4, 0.5) is 0 Å². The summed E-state index contributed by atoms with van der Waals surface area (Å²) in [7, 11) is 0. The van der Waals surface area contributed by atoms with Gasteiger partial charge >= 0.3 is 0 Å². The van der Waals surface area contributed by atoms with Crippen LogP contribution in [0, 0.1) is 0 Å². The average Bonchev–Trinajstić information content (AvgIpc) is 2.60. The van der Waals surface area contributed by atoms with Crippen LogP contribution in [0.2, 0.25) is 0 Å². The van der Waals surface area contributed by atoms with E-state index in [0.29, 0.717) is 18.8 Å². The number of carbonyl (C=O) groups is 1. The van der Waals surface area contributed by atoms with Gasteiger partial charge in [0, 0.05) is 5.56 Å². The van der Waals surface area contributed by atoms with Gasteiger partial charge in [0.05, 0.1) is 13.2 Å². The molecule has 0 saturated carbocycles. The van der Waals surface area contributed by atoms with E-state index in [0.717, 1.165) is 11.8 Å². The van der Waals surface area contributed by atoms with Gasteiger partial charge in [0.15, 0.2) is 0 Å². The third-order valence-corrected chi connectivity index (χ3v) is 5.57. The summed E-state index contributed by atoms with van der Waals surface area (Å²) in [6, 6.07) is 14.4. The van der Waals surface area contributed by atoms with Gasteiger partial charge in [-0.2, -0.15) is 0 Å². The second-order valence-electron chi connectivity index (χ2n) is 8.50. The van der Waals surface area contributed by atoms with Gasteiger partial charge in [-0.3, -0.25) is 4.79 Å². The summed E-state index contributed by atoms with van der Waals surface area (Å²) in [5.74, 6) is 0. The van der Waals surface area contributed by atoms with Crippen molar-refractivity contribution in [3.8, 4) is 0 Å². The van der Waals surface area contributed by atoms with Crippen molar-refractivity contribution in [3.05, 3.63) is 70.3 Å². The summed E-state index contributed by atoms with van der Waals surface area (Å²) in [5, 5.41) is 0. The van der Waals surface area contributed by atoms with Crippen molar-refractivity contribution < 1.29 is 9.53 Å². The monoisotopic (exact) mass is 336 g/mol. The van der Waals surface area contributed by atoms with E-state index < -0.39 is 0 Å². The molecule has 0 radical (unpaired) electrons. The normalized spacial score (nSPS) is 17.8. The van der Waals surface area contributed by atoms with Crippen molar-refractivity contribution in [3.63, 3.8) is 0 Å². The van der Waals surface area contributed by atoms with Gasteiger partial charge in [-0.1, -0.05) is 70.2 Å². The summed E-state index contributed by atoms with van der Waals surface area (Å²) < 4.78 is 5.90. The number of aldehydes is 1. The highest BCUT2D eigenvalue weighted by molar-refractivity contribution is 5.74. The van der Waals surface area contributed by atoms with Gasteiger partial charge in [0.25, 0.3) is 0 Å². The first-order valence-electron chi connectivity index (χ1n) is 9.08. The minimum absolute atomic E-state index is 0.228. The second kappa shape index (κ2) is 6.76. The number of hydrogen-bond acceptors (Lipinski definition) is 2. The molecule has 1 aliphatic carbocycles. The number of fused-ring (bicyclic) bond motifs is 1. The lowest BCUT2D eigenvalue weighted by Crippen LogP contribution is -2.33. The quantitative estimate of drug-likeness (QED) is 0.668. The molecular weight excluding hydrogens is 308 g/mol. The molecule has 1 aliphatic rings. The highest BCUT2D eigenvalue weighted by Gasteiger charge is 2.36. The Hall–Kier alpha value is -1.93. The molecule has 2 nitrogen and oxygen atoms in total. The summed E-state index contributed by atoms with van der Waals surface area (Å²) in [5.41, 5.74) is 6.45. The van der Waals surface area contributed by atoms with E-state index >= 15 is 0 Å². The summed E-state index contributed by atoms with van der Waals surface area (Å²) >= 11 is 0. The van der Waals surface area contributed by atoms with Crippen molar-refractivity contribution in [2.45, 2.75) is 64.6 Å². The lowest BCUT2D eigenvalue weighted by Gasteiger charge is -2.42. The van der Waals surface area contributed by atoms with Gasteiger partial charge in [0.1, 0.15) is 6.29 Å². The molecular formula is C23H28O2. The minimum Gasteiger partial charge on any atom is -0.372 e. The van der Waals surface area contributed by atoms with Crippen molar-refractivity contribution in [2.75, 3.05) is 0 Å². The van der Waals surface area contributed by atoms with Gasteiger partial charge in [-0.05, 0) is 45.9 Å². The zero-order valence-electron chi connectivity index (χ0n) is 15.8. The van der Waals surface area contributed by atoms with Crippen molar-refractivity contribution >= 4 is 6.29 Å². The van der Waals surface area contributed by atoms with Crippen LogP contribution in [0.15, 0.2) is 42.5 Å². The van der Waals surface area contributed by atoms with Crippen LogP contribution in [-0.4, -0.2) is 6.29 Å². The molecule has 2 aromatic carbocycles. The maximum atomic E-state index is 10.7. The van der Waals surface area contributed by atoms with Crippen LogP contribution >= 0.6 is 0 Å². The molecule has 0 aliphatic heterocycles. The Morgan fingerprint density at radius 3 is 2.04 bits per heavy atom. The first kappa shape index (κ1) is 17.9. The molecule has 0 saturated heterocycles. The van der Waals surface area contributed by atoms with Crippen molar-refractivity contribution in [1.82, 2.24) is 0 Å². The number of hydrogen-bond donors (Lipinski definition) is 0. The Morgan fingerprint density at radius 1 is 0.840 bits per heavy atom. The number of benzene rings is 2. The molecule has 0 N–H and O–H groups in total. The molecule has 0 atom stereocenters. The highest BCUT2D eigenvalue weighted by atomic mass is 16.5. The molecule has 0 aromatic heterocycles. The second-order valence-corrected chi connectivity index (χ2v) is 8.50. The Bertz CT molecular complexity index is 754. The maximum absolute atomic E-state index is 10.7. The maximum Gasteiger partial charge on any atom is 0.150 e. The molecule has 0 fully saturated rings. The van der Waals surface area contributed by atoms with Crippen molar-refractivity contribution in [2.24, 2.45) is 0 Å². The van der Waals surface area contributed by atoms with E-state index in [2.05, 4.69) is 45.9 Å². The fraction of sp³-hybridized carbons (Fsp3) is 0.435. The fourth-order valence-corrected chi connectivity index (χ4v) is 3.70. The molecule has 0 spiro atoms. The molecule has 132 valence electrons. The van der Waals surface area contributed by atoms with Crippen LogP contribution < -0.4 is 0 Å². The summed E-state index contributed by atoms with van der Waals surface area (Å²) in [6.07, 6.45) is 3.32. The Kier molecular flexibility index (Phi) is 4.83. The SMILES string of the molecule is CC1(C)CCC(C)(C)c2cc(COCc3ccc(C=O)cc3)ccc21. The number of ether oxygens (including phenoxy) is 1. The zero-order valence-corrected chi connectivity index (χ0v) is 15.8. The number of rotatable bonds is 5. The van der Waals surface area contributed by atoms with Crippen LogP contribution in [0.1, 0.15) is 73.1 Å². The molecule has 0 bridgehead atoms. The molecule has 25 heavy (non-hydrogen) atoms. The van der Waals surface area contributed by atoms with E-state index in [4.69, 9.17) is 4.74 Å². The third-order valence-electron chi connectivity index (χ3n) is 5.57. The van der Waals surface area contributed by atoms with Crippen LogP contribution in [0.5, 0.6) is 0 Å². The smallest absolute Gasteiger partial charge is 0.150 e. The zero-order chi connectivity index (χ0) is 18.1. The average molecular weight is 336 g/mol. The minimum atomic E-state index is 0.228. The number of carbonyl (C=O) groups excluding carboxylic acids is 1. The van der Waals surface area contributed by atoms with E-state index in [1.807, 2.05) is 24.3 Å². The molecule has 3 rings (SSSR count). The van der Waals surface area contributed by atoms with Gasteiger partial charge in [-0.25, -0.2) is 0 Å². The van der Waals surface area contributed by atoms with Gasteiger partial charge in [0.2, 0.25) is 0 Å². The summed E-state index contributed by atoms with van der Waals surface area (Å²) in [4.78, 5) is 10.7. The van der Waals surface area contributed by atoms with Crippen LogP contribution in [0.25, 0.3) is 0 Å². The summed E-state index contributed by atoms with van der Waals surface area (Å²) in [6.45, 7) is 10.6. The predicted octanol–water partition coefficient (Wildman–Crippen LogP) is 5.56. The third kappa shape index (κ3) is 3.85. The van der Waals surface area contributed by atoms with Crippen LogP contribution in [-0.2, 0) is 28.8 Å². The predicted molar refractivity (Wildman–Crippen MR) is 102 cm³/mol. The Balaban J connectivity index is 1.70. The molecule has 2 aromatic rings. The molecule has 0 heterocycles. The van der Waals surface area contributed by atoms with Gasteiger partial charge in [-0.15, -0.1) is 0 Å². The topological polar surface area (TPSA) is 26.3 Å². The standard InChI is InChI=1S/C23H28O2/c1-22(2)11-12-23(3,4)21-13-19(9-10-20(21)22)16-25-15-18-7-5-17(14-24)6-8-18/h5-10,13-14H,11-12,15-16H2,1-4H3. The molecule has 0 unspecified atom stereocenters. The fourth-order valence-electron chi connectivity index (χ4n) is 3.70. The first-order valence-corrected chi connectivity index (χ1v) is 9.08. The molecule has 0 amide bonds. The highest BCUT2D eigenvalue weighted by Crippen LogP contribution is 2.45. The first-order chi connectivity index (χ1) is 11.8. The van der Waals surface area contributed by atoms with E-state index in [1.54, 1.807) is 0 Å². The lowest BCUT2D eigenvalue weighted by molar-refractivity contribution is 0.107. The Labute approximate surface area is 151 Å². The van der Waals surface area contributed by atoms with Crippen molar-refractivity contribution in [1.29, 1.82) is 0 Å².